The van der Waals surface area contributed by atoms with Crippen LogP contribution in [-0.4, -0.2) is 47.1 Å². The van der Waals surface area contributed by atoms with E-state index in [1.807, 2.05) is 59.5 Å². The maximum atomic E-state index is 13.5. The number of fused-ring (bicyclic) bond motifs is 3. The van der Waals surface area contributed by atoms with Crippen molar-refractivity contribution in [2.45, 2.75) is 32.1 Å². The van der Waals surface area contributed by atoms with E-state index in [0.29, 0.717) is 29.2 Å². The standard InChI is InChI=1S/C31H31N3O3/c35-28(14-13-23-8-6-17-32-21-23)33-18-4-3-7-22-15-19-34(20-16-22)31(37)27-12-5-11-26-29(27)24-9-1-2-10-25(24)30(26)36/h1-2,5-6,8-14,17,21-22H,3-4,7,15-16,18-20H2,(H,33,35)/b14-13+. The van der Waals surface area contributed by atoms with Crippen LogP contribution in [0.4, 0.5) is 0 Å². The van der Waals surface area contributed by atoms with Crippen molar-refractivity contribution >= 4 is 23.7 Å². The third-order valence-corrected chi connectivity index (χ3v) is 7.33. The molecule has 2 aromatic carbocycles. The summed E-state index contributed by atoms with van der Waals surface area (Å²) in [5, 5.41) is 2.94. The Bertz CT molecular complexity index is 1320. The molecule has 0 radical (unpaired) electrons. The van der Waals surface area contributed by atoms with E-state index >= 15 is 0 Å². The Morgan fingerprint density at radius 1 is 0.946 bits per heavy atom. The van der Waals surface area contributed by atoms with Gasteiger partial charge in [-0.2, -0.15) is 0 Å². The van der Waals surface area contributed by atoms with E-state index in [2.05, 4.69) is 10.3 Å². The van der Waals surface area contributed by atoms with E-state index in [1.165, 1.54) is 0 Å². The highest BCUT2D eigenvalue weighted by Gasteiger charge is 2.32. The van der Waals surface area contributed by atoms with Gasteiger partial charge in [0.1, 0.15) is 0 Å². The quantitative estimate of drug-likeness (QED) is 0.272. The van der Waals surface area contributed by atoms with E-state index in [1.54, 1.807) is 24.5 Å². The summed E-state index contributed by atoms with van der Waals surface area (Å²) in [4.78, 5) is 44.2. The second-order valence-electron chi connectivity index (χ2n) is 9.74. The Hall–Kier alpha value is -4.06. The van der Waals surface area contributed by atoms with Gasteiger partial charge in [0, 0.05) is 60.4 Å². The zero-order valence-corrected chi connectivity index (χ0v) is 20.9. The molecule has 1 aliphatic carbocycles. The van der Waals surface area contributed by atoms with Gasteiger partial charge >= 0.3 is 0 Å². The van der Waals surface area contributed by atoms with Gasteiger partial charge in [-0.05, 0) is 54.5 Å². The van der Waals surface area contributed by atoms with Crippen molar-refractivity contribution in [3.05, 3.63) is 95.3 Å². The molecule has 0 atom stereocenters. The molecular weight excluding hydrogens is 462 g/mol. The van der Waals surface area contributed by atoms with Crippen LogP contribution in [0.25, 0.3) is 17.2 Å². The average Bonchev–Trinajstić information content (AvgIpc) is 3.24. The molecule has 6 nitrogen and oxygen atoms in total. The van der Waals surface area contributed by atoms with E-state index < -0.39 is 0 Å². The number of unbranched alkanes of at least 4 members (excludes halogenated alkanes) is 1. The fourth-order valence-electron chi connectivity index (χ4n) is 5.32. The van der Waals surface area contributed by atoms with E-state index in [0.717, 1.165) is 61.9 Å². The van der Waals surface area contributed by atoms with Crippen LogP contribution >= 0.6 is 0 Å². The van der Waals surface area contributed by atoms with Gasteiger partial charge in [0.25, 0.3) is 5.91 Å². The number of nitrogens with one attached hydrogen (secondary N) is 1. The zero-order valence-electron chi connectivity index (χ0n) is 20.9. The molecule has 2 amide bonds. The number of amides is 2. The van der Waals surface area contributed by atoms with Crippen LogP contribution in [0.3, 0.4) is 0 Å². The number of carbonyl (C=O) groups is 3. The Morgan fingerprint density at radius 2 is 1.73 bits per heavy atom. The molecule has 188 valence electrons. The number of rotatable bonds is 8. The van der Waals surface area contributed by atoms with Crippen molar-refractivity contribution in [1.82, 2.24) is 15.2 Å². The Labute approximate surface area is 217 Å². The third-order valence-electron chi connectivity index (χ3n) is 7.33. The molecule has 1 aliphatic heterocycles. The molecule has 0 bridgehead atoms. The molecule has 1 aromatic heterocycles. The summed E-state index contributed by atoms with van der Waals surface area (Å²) in [6.45, 7) is 2.13. The summed E-state index contributed by atoms with van der Waals surface area (Å²) in [7, 11) is 0. The normalized spacial score (nSPS) is 15.0. The number of piperidine rings is 1. The molecule has 0 saturated carbocycles. The molecule has 1 fully saturated rings. The van der Waals surface area contributed by atoms with Gasteiger partial charge < -0.3 is 10.2 Å². The molecule has 0 spiro atoms. The number of benzene rings is 2. The fraction of sp³-hybridized carbons (Fsp3) is 0.290. The molecule has 1 saturated heterocycles. The highest BCUT2D eigenvalue weighted by molar-refractivity contribution is 6.24. The van der Waals surface area contributed by atoms with Crippen LogP contribution in [0.1, 0.15) is 63.9 Å². The van der Waals surface area contributed by atoms with Gasteiger partial charge in [-0.25, -0.2) is 0 Å². The molecule has 2 heterocycles. The molecule has 1 N–H and O–H groups in total. The van der Waals surface area contributed by atoms with Gasteiger partial charge in [-0.3, -0.25) is 19.4 Å². The number of likely N-dealkylation sites (tertiary alicyclic amines) is 1. The van der Waals surface area contributed by atoms with Crippen molar-refractivity contribution in [2.24, 2.45) is 5.92 Å². The minimum absolute atomic E-state index is 0.000311. The highest BCUT2D eigenvalue weighted by atomic mass is 16.2. The Balaban J connectivity index is 1.07. The molecule has 3 aromatic rings. The summed E-state index contributed by atoms with van der Waals surface area (Å²) >= 11 is 0. The lowest BCUT2D eigenvalue weighted by atomic mass is 9.90. The minimum Gasteiger partial charge on any atom is -0.353 e. The van der Waals surface area contributed by atoms with Crippen LogP contribution in [0, 0.1) is 5.92 Å². The topological polar surface area (TPSA) is 79.4 Å². The molecular formula is C31H31N3O3. The number of hydrogen-bond acceptors (Lipinski definition) is 4. The monoisotopic (exact) mass is 493 g/mol. The molecule has 5 rings (SSSR count). The number of nitrogens with zero attached hydrogens (tertiary/aromatic N) is 2. The predicted octanol–water partition coefficient (Wildman–Crippen LogP) is 5.15. The van der Waals surface area contributed by atoms with Crippen molar-refractivity contribution < 1.29 is 14.4 Å². The highest BCUT2D eigenvalue weighted by Crippen LogP contribution is 2.39. The maximum absolute atomic E-state index is 13.5. The number of hydrogen-bond donors (Lipinski definition) is 1. The summed E-state index contributed by atoms with van der Waals surface area (Å²) in [5.74, 6) is 0.517. The first-order valence-corrected chi connectivity index (χ1v) is 13.0. The number of pyridine rings is 1. The van der Waals surface area contributed by atoms with E-state index in [9.17, 15) is 14.4 Å². The fourth-order valence-corrected chi connectivity index (χ4v) is 5.32. The number of carbonyl (C=O) groups excluding carboxylic acids is 3. The molecule has 37 heavy (non-hydrogen) atoms. The van der Waals surface area contributed by atoms with Gasteiger partial charge in [0.2, 0.25) is 5.91 Å². The summed E-state index contributed by atoms with van der Waals surface area (Å²) in [6, 6.07) is 16.8. The van der Waals surface area contributed by atoms with Crippen LogP contribution in [-0.2, 0) is 4.79 Å². The first-order valence-electron chi connectivity index (χ1n) is 13.0. The smallest absolute Gasteiger partial charge is 0.254 e. The van der Waals surface area contributed by atoms with E-state index in [4.69, 9.17) is 0 Å². The zero-order chi connectivity index (χ0) is 25.6. The van der Waals surface area contributed by atoms with Crippen LogP contribution in [0.15, 0.2) is 73.1 Å². The average molecular weight is 494 g/mol. The lowest BCUT2D eigenvalue weighted by molar-refractivity contribution is -0.116. The van der Waals surface area contributed by atoms with Crippen molar-refractivity contribution in [1.29, 1.82) is 0 Å². The minimum atomic E-state index is -0.0904. The Kier molecular flexibility index (Phi) is 7.54. The summed E-state index contributed by atoms with van der Waals surface area (Å²) in [5.41, 5.74) is 4.48. The molecule has 6 heteroatoms. The Morgan fingerprint density at radius 3 is 2.51 bits per heavy atom. The van der Waals surface area contributed by atoms with Crippen LogP contribution < -0.4 is 5.32 Å². The first-order chi connectivity index (χ1) is 18.1. The van der Waals surface area contributed by atoms with Crippen molar-refractivity contribution in [2.75, 3.05) is 19.6 Å². The van der Waals surface area contributed by atoms with Crippen LogP contribution in [0.5, 0.6) is 0 Å². The summed E-state index contributed by atoms with van der Waals surface area (Å²) < 4.78 is 0. The lowest BCUT2D eigenvalue weighted by Crippen LogP contribution is -2.38. The maximum Gasteiger partial charge on any atom is 0.254 e. The van der Waals surface area contributed by atoms with Gasteiger partial charge in [0.15, 0.2) is 5.78 Å². The number of ketones is 1. The molecule has 2 aliphatic rings. The van der Waals surface area contributed by atoms with Crippen LogP contribution in [0.2, 0.25) is 0 Å². The number of aromatic nitrogens is 1. The largest absolute Gasteiger partial charge is 0.353 e. The first kappa shape index (κ1) is 24.6. The summed E-state index contributed by atoms with van der Waals surface area (Å²) in [6.07, 6.45) is 11.8. The lowest BCUT2D eigenvalue weighted by Gasteiger charge is -2.32. The second-order valence-corrected chi connectivity index (χ2v) is 9.74. The van der Waals surface area contributed by atoms with Gasteiger partial charge in [-0.1, -0.05) is 55.3 Å². The van der Waals surface area contributed by atoms with Gasteiger partial charge in [0.05, 0.1) is 0 Å². The van der Waals surface area contributed by atoms with E-state index in [-0.39, 0.29) is 17.6 Å². The predicted molar refractivity (Wildman–Crippen MR) is 144 cm³/mol. The second kappa shape index (κ2) is 11.3. The van der Waals surface area contributed by atoms with Gasteiger partial charge in [-0.15, -0.1) is 0 Å². The SMILES string of the molecule is O=C(/C=C/c1cccnc1)NCCCCC1CCN(C(=O)c2cccc3c2-c2ccccc2C3=O)CC1. The third kappa shape index (κ3) is 5.53. The van der Waals surface area contributed by atoms with Crippen molar-refractivity contribution in [3.8, 4) is 11.1 Å². The molecule has 0 unspecified atom stereocenters. The van der Waals surface area contributed by atoms with Crippen molar-refractivity contribution in [3.63, 3.8) is 0 Å².